The molecule has 1 heterocycles. The van der Waals surface area contributed by atoms with Gasteiger partial charge in [-0.2, -0.15) is 0 Å². The maximum absolute atomic E-state index is 14.1. The van der Waals surface area contributed by atoms with Crippen molar-refractivity contribution in [3.63, 3.8) is 0 Å². The molecule has 1 aromatic carbocycles. The van der Waals surface area contributed by atoms with Crippen LogP contribution in [0.25, 0.3) is 0 Å². The van der Waals surface area contributed by atoms with Gasteiger partial charge < -0.3 is 15.5 Å². The molecule has 0 bridgehead atoms. The Balaban J connectivity index is 2.35. The average molecular weight is 282 g/mol. The number of halogens is 2. The van der Waals surface area contributed by atoms with Crippen LogP contribution in [-0.4, -0.2) is 49.5 Å². The fourth-order valence-electron chi connectivity index (χ4n) is 2.47. The standard InChI is InChI=1S/C14H20F2N4/c1-14(10-5-4-6-11(15)12(10)16)9-18-13(17)20(14)8-7-19(2)3/h4-6H,7-9H2,1-3H3,(H2,17,18). The highest BCUT2D eigenvalue weighted by Gasteiger charge is 2.41. The number of nitrogens with zero attached hydrogens (tertiary/aromatic N) is 3. The van der Waals surface area contributed by atoms with E-state index in [4.69, 9.17) is 5.73 Å². The van der Waals surface area contributed by atoms with Crippen molar-refractivity contribution in [1.29, 1.82) is 0 Å². The third-order valence-corrected chi connectivity index (χ3v) is 3.72. The van der Waals surface area contributed by atoms with Gasteiger partial charge in [-0.15, -0.1) is 0 Å². The summed E-state index contributed by atoms with van der Waals surface area (Å²) in [6.07, 6.45) is 0. The molecule has 1 atom stereocenters. The first kappa shape index (κ1) is 14.7. The Labute approximate surface area is 117 Å². The van der Waals surface area contributed by atoms with Crippen LogP contribution in [0, 0.1) is 11.6 Å². The molecule has 0 aliphatic carbocycles. The summed E-state index contributed by atoms with van der Waals surface area (Å²) >= 11 is 0. The number of nitrogens with two attached hydrogens (primary N) is 1. The van der Waals surface area contributed by atoms with Gasteiger partial charge in [0.2, 0.25) is 0 Å². The highest BCUT2D eigenvalue weighted by molar-refractivity contribution is 5.81. The predicted octanol–water partition coefficient (Wildman–Crippen LogP) is 1.37. The Bertz CT molecular complexity index is 530. The third kappa shape index (κ3) is 2.47. The molecule has 2 N–H and O–H groups in total. The van der Waals surface area contributed by atoms with Crippen LogP contribution in [0.1, 0.15) is 12.5 Å². The lowest BCUT2D eigenvalue weighted by Gasteiger charge is -2.37. The molecule has 1 aliphatic rings. The zero-order chi connectivity index (χ0) is 14.9. The van der Waals surface area contributed by atoms with Crippen LogP contribution in [-0.2, 0) is 5.54 Å². The van der Waals surface area contributed by atoms with Gasteiger partial charge in [-0.05, 0) is 27.1 Å². The van der Waals surface area contributed by atoms with Crippen molar-refractivity contribution in [3.8, 4) is 0 Å². The minimum absolute atomic E-state index is 0.292. The topological polar surface area (TPSA) is 44.9 Å². The highest BCUT2D eigenvalue weighted by atomic mass is 19.2. The van der Waals surface area contributed by atoms with E-state index in [0.717, 1.165) is 12.6 Å². The number of rotatable bonds is 4. The predicted molar refractivity (Wildman–Crippen MR) is 75.5 cm³/mol. The van der Waals surface area contributed by atoms with Crippen LogP contribution >= 0.6 is 0 Å². The first-order valence-electron chi connectivity index (χ1n) is 6.53. The van der Waals surface area contributed by atoms with E-state index in [2.05, 4.69) is 4.99 Å². The van der Waals surface area contributed by atoms with Gasteiger partial charge >= 0.3 is 0 Å². The number of guanidine groups is 1. The van der Waals surface area contributed by atoms with Crippen molar-refractivity contribution < 1.29 is 8.78 Å². The molecular formula is C14H20F2N4. The zero-order valence-electron chi connectivity index (χ0n) is 12.0. The molecule has 0 fully saturated rings. The quantitative estimate of drug-likeness (QED) is 0.907. The van der Waals surface area contributed by atoms with Gasteiger partial charge in [0.25, 0.3) is 0 Å². The Morgan fingerprint density at radius 1 is 1.40 bits per heavy atom. The molecule has 1 aliphatic heterocycles. The fourth-order valence-corrected chi connectivity index (χ4v) is 2.47. The normalized spacial score (nSPS) is 22.5. The summed E-state index contributed by atoms with van der Waals surface area (Å²) < 4.78 is 27.6. The summed E-state index contributed by atoms with van der Waals surface area (Å²) in [6, 6.07) is 4.22. The summed E-state index contributed by atoms with van der Waals surface area (Å²) in [4.78, 5) is 8.05. The van der Waals surface area contributed by atoms with E-state index in [1.165, 1.54) is 6.07 Å². The van der Waals surface area contributed by atoms with Gasteiger partial charge in [-0.25, -0.2) is 8.78 Å². The molecule has 0 radical (unpaired) electrons. The summed E-state index contributed by atoms with van der Waals surface area (Å²) in [5, 5.41) is 0. The molecule has 6 heteroatoms. The van der Waals surface area contributed by atoms with E-state index in [0.29, 0.717) is 24.6 Å². The smallest absolute Gasteiger partial charge is 0.192 e. The first-order valence-corrected chi connectivity index (χ1v) is 6.53. The van der Waals surface area contributed by atoms with Gasteiger partial charge in [-0.1, -0.05) is 12.1 Å². The van der Waals surface area contributed by atoms with Crippen LogP contribution in [0.3, 0.4) is 0 Å². The second-order valence-corrected chi connectivity index (χ2v) is 5.50. The minimum atomic E-state index is -0.846. The lowest BCUT2D eigenvalue weighted by molar-refractivity contribution is 0.198. The molecule has 4 nitrogen and oxygen atoms in total. The van der Waals surface area contributed by atoms with Crippen LogP contribution in [0.5, 0.6) is 0 Å². The molecule has 110 valence electrons. The second kappa shape index (κ2) is 5.36. The third-order valence-electron chi connectivity index (χ3n) is 3.72. The Hall–Kier alpha value is -1.69. The summed E-state index contributed by atoms with van der Waals surface area (Å²) in [5.74, 6) is -1.30. The zero-order valence-corrected chi connectivity index (χ0v) is 12.0. The molecular weight excluding hydrogens is 262 g/mol. The van der Waals surface area contributed by atoms with Crippen molar-refractivity contribution in [1.82, 2.24) is 9.80 Å². The largest absolute Gasteiger partial charge is 0.370 e. The highest BCUT2D eigenvalue weighted by Crippen LogP contribution is 2.34. The van der Waals surface area contributed by atoms with Crippen molar-refractivity contribution in [3.05, 3.63) is 35.4 Å². The van der Waals surface area contributed by atoms with Crippen molar-refractivity contribution in [2.75, 3.05) is 33.7 Å². The molecule has 0 saturated carbocycles. The Kier molecular flexibility index (Phi) is 3.94. The van der Waals surface area contributed by atoms with Gasteiger partial charge in [0.1, 0.15) is 0 Å². The molecule has 1 unspecified atom stereocenters. The van der Waals surface area contributed by atoms with Crippen molar-refractivity contribution in [2.24, 2.45) is 10.7 Å². The second-order valence-electron chi connectivity index (χ2n) is 5.50. The van der Waals surface area contributed by atoms with Crippen LogP contribution in [0.15, 0.2) is 23.2 Å². The van der Waals surface area contributed by atoms with Crippen LogP contribution in [0.2, 0.25) is 0 Å². The summed E-state index contributed by atoms with van der Waals surface area (Å²) in [5.41, 5.74) is 5.46. The number of benzene rings is 1. The van der Waals surface area contributed by atoms with Crippen LogP contribution < -0.4 is 5.73 Å². The van der Waals surface area contributed by atoms with Gasteiger partial charge in [0.15, 0.2) is 17.6 Å². The number of aliphatic imine (C=N–C) groups is 1. The number of likely N-dealkylation sites (N-methyl/N-ethyl adjacent to an activating group) is 1. The molecule has 2 rings (SSSR count). The SMILES string of the molecule is CN(C)CCN1C(N)=NCC1(C)c1cccc(F)c1F. The lowest BCUT2D eigenvalue weighted by atomic mass is 9.90. The van der Waals surface area contributed by atoms with Gasteiger partial charge in [0, 0.05) is 18.7 Å². The molecule has 0 amide bonds. The molecule has 0 aromatic heterocycles. The molecule has 1 aromatic rings. The van der Waals surface area contributed by atoms with E-state index in [1.807, 2.05) is 30.8 Å². The minimum Gasteiger partial charge on any atom is -0.370 e. The number of hydrogen-bond donors (Lipinski definition) is 1. The van der Waals surface area contributed by atoms with E-state index in [-0.39, 0.29) is 0 Å². The number of hydrogen-bond acceptors (Lipinski definition) is 4. The lowest BCUT2D eigenvalue weighted by Crippen LogP contribution is -2.50. The van der Waals surface area contributed by atoms with Gasteiger partial charge in [0.05, 0.1) is 12.1 Å². The van der Waals surface area contributed by atoms with E-state index < -0.39 is 17.2 Å². The van der Waals surface area contributed by atoms with Crippen molar-refractivity contribution in [2.45, 2.75) is 12.5 Å². The Morgan fingerprint density at radius 3 is 2.75 bits per heavy atom. The Morgan fingerprint density at radius 2 is 2.10 bits per heavy atom. The first-order chi connectivity index (χ1) is 9.36. The fraction of sp³-hybridized carbons (Fsp3) is 0.500. The van der Waals surface area contributed by atoms with E-state index in [9.17, 15) is 8.78 Å². The molecule has 0 spiro atoms. The average Bonchev–Trinajstić information content (AvgIpc) is 2.67. The monoisotopic (exact) mass is 282 g/mol. The van der Waals surface area contributed by atoms with Gasteiger partial charge in [-0.3, -0.25) is 4.99 Å². The van der Waals surface area contributed by atoms with Crippen LogP contribution in [0.4, 0.5) is 8.78 Å². The maximum Gasteiger partial charge on any atom is 0.192 e. The maximum atomic E-state index is 14.1. The van der Waals surface area contributed by atoms with E-state index >= 15 is 0 Å². The van der Waals surface area contributed by atoms with E-state index in [1.54, 1.807) is 6.07 Å². The summed E-state index contributed by atoms with van der Waals surface area (Å²) in [7, 11) is 3.90. The van der Waals surface area contributed by atoms with Crippen molar-refractivity contribution >= 4 is 5.96 Å². The molecule has 20 heavy (non-hydrogen) atoms. The summed E-state index contributed by atoms with van der Waals surface area (Å²) in [6.45, 7) is 3.52. The molecule has 0 saturated heterocycles.